The minimum Gasteiger partial charge on any atom is -0.504 e. The quantitative estimate of drug-likeness (QED) is 0.825. The van der Waals surface area contributed by atoms with Crippen LogP contribution in [0.1, 0.15) is 5.56 Å². The lowest BCUT2D eigenvalue weighted by atomic mass is 10.2. The van der Waals surface area contributed by atoms with E-state index in [0.29, 0.717) is 6.07 Å². The maximum atomic E-state index is 12.3. The molecule has 1 N–H and O–H groups in total. The highest BCUT2D eigenvalue weighted by Gasteiger charge is 2.35. The van der Waals surface area contributed by atoms with Gasteiger partial charge in [-0.2, -0.15) is 13.2 Å². The Hall–Kier alpha value is -1.53. The lowest BCUT2D eigenvalue weighted by molar-refractivity contribution is -0.138. The van der Waals surface area contributed by atoms with Crippen molar-refractivity contribution < 1.29 is 31.8 Å². The van der Waals surface area contributed by atoms with E-state index in [1.165, 1.54) is 0 Å². The monoisotopic (exact) mass is 242 g/mol. The number of ether oxygens (including phenoxy) is 1. The van der Waals surface area contributed by atoms with Crippen LogP contribution < -0.4 is 4.74 Å². The molecule has 0 aliphatic heterocycles. The van der Waals surface area contributed by atoms with Crippen molar-refractivity contribution in [2.75, 3.05) is 6.61 Å². The van der Waals surface area contributed by atoms with E-state index in [1.807, 2.05) is 0 Å². The van der Waals surface area contributed by atoms with Crippen molar-refractivity contribution in [3.05, 3.63) is 23.8 Å². The molecule has 1 rings (SSSR count). The van der Waals surface area contributed by atoms with Gasteiger partial charge in [-0.3, -0.25) is 0 Å². The van der Waals surface area contributed by atoms with Gasteiger partial charge in [0.25, 0.3) is 6.43 Å². The number of aromatic hydroxyl groups is 1. The molecule has 0 saturated heterocycles. The van der Waals surface area contributed by atoms with E-state index in [-0.39, 0.29) is 0 Å². The van der Waals surface area contributed by atoms with Gasteiger partial charge in [0.15, 0.2) is 11.5 Å². The molecule has 7 heteroatoms. The van der Waals surface area contributed by atoms with E-state index in [1.54, 1.807) is 0 Å². The second-order valence-corrected chi connectivity index (χ2v) is 2.85. The lowest BCUT2D eigenvalue weighted by Crippen LogP contribution is -2.09. The molecular formula is C9H7F5O2. The van der Waals surface area contributed by atoms with Crippen molar-refractivity contribution >= 4 is 0 Å². The number of hydrogen-bond acceptors (Lipinski definition) is 2. The molecule has 0 atom stereocenters. The van der Waals surface area contributed by atoms with Gasteiger partial charge in [-0.05, 0) is 12.1 Å². The normalized spacial score (nSPS) is 11.9. The molecule has 1 aromatic carbocycles. The molecule has 0 spiro atoms. The Kier molecular flexibility index (Phi) is 3.56. The molecular weight excluding hydrogens is 235 g/mol. The molecule has 16 heavy (non-hydrogen) atoms. The Morgan fingerprint density at radius 2 is 1.88 bits per heavy atom. The van der Waals surface area contributed by atoms with E-state index >= 15 is 0 Å². The Morgan fingerprint density at radius 1 is 1.25 bits per heavy atom. The van der Waals surface area contributed by atoms with Crippen LogP contribution in [0.25, 0.3) is 0 Å². The van der Waals surface area contributed by atoms with Gasteiger partial charge in [-0.15, -0.1) is 0 Å². The van der Waals surface area contributed by atoms with Crippen LogP contribution in [0.5, 0.6) is 11.5 Å². The molecule has 1 aromatic rings. The van der Waals surface area contributed by atoms with Crippen molar-refractivity contribution in [3.63, 3.8) is 0 Å². The number of rotatable bonds is 3. The molecule has 0 fully saturated rings. The highest BCUT2D eigenvalue weighted by Crippen LogP contribution is 2.40. The number of halogens is 5. The third kappa shape index (κ3) is 2.98. The third-order valence-corrected chi connectivity index (χ3v) is 1.67. The first-order chi connectivity index (χ1) is 7.32. The molecule has 0 bridgehead atoms. The number of hydrogen-bond donors (Lipinski definition) is 1. The summed E-state index contributed by atoms with van der Waals surface area (Å²) in [5, 5.41) is 9.15. The molecule has 0 heterocycles. The van der Waals surface area contributed by atoms with Gasteiger partial charge in [0.05, 0.1) is 0 Å². The average Bonchev–Trinajstić information content (AvgIpc) is 2.14. The van der Waals surface area contributed by atoms with E-state index in [0.717, 1.165) is 12.1 Å². The highest BCUT2D eigenvalue weighted by atomic mass is 19.4. The average molecular weight is 242 g/mol. The largest absolute Gasteiger partial charge is 0.504 e. The third-order valence-electron chi connectivity index (χ3n) is 1.67. The van der Waals surface area contributed by atoms with Gasteiger partial charge in [0.2, 0.25) is 0 Å². The van der Waals surface area contributed by atoms with Crippen LogP contribution in [0.3, 0.4) is 0 Å². The highest BCUT2D eigenvalue weighted by molar-refractivity contribution is 5.46. The number of phenols is 1. The van der Waals surface area contributed by atoms with Crippen molar-refractivity contribution in [3.8, 4) is 11.5 Å². The Balaban J connectivity index is 2.96. The van der Waals surface area contributed by atoms with E-state index in [9.17, 15) is 22.0 Å². The zero-order valence-corrected chi connectivity index (χ0v) is 7.76. The summed E-state index contributed by atoms with van der Waals surface area (Å²) in [5.74, 6) is -1.80. The molecule has 0 radical (unpaired) electrons. The summed E-state index contributed by atoms with van der Waals surface area (Å²) in [6.45, 7) is -1.07. The van der Waals surface area contributed by atoms with Crippen LogP contribution in [0, 0.1) is 0 Å². The van der Waals surface area contributed by atoms with E-state index in [4.69, 9.17) is 5.11 Å². The van der Waals surface area contributed by atoms with Crippen LogP contribution >= 0.6 is 0 Å². The Bertz CT molecular complexity index is 361. The van der Waals surface area contributed by atoms with E-state index < -0.39 is 36.3 Å². The summed E-state index contributed by atoms with van der Waals surface area (Å²) in [7, 11) is 0. The molecule has 0 aromatic heterocycles. The SMILES string of the molecule is Oc1c(OCC(F)F)cccc1C(F)(F)F. The van der Waals surface area contributed by atoms with Crippen LogP contribution in [0.15, 0.2) is 18.2 Å². The van der Waals surface area contributed by atoms with E-state index in [2.05, 4.69) is 4.74 Å². The second kappa shape index (κ2) is 4.54. The Labute approximate surface area is 87.3 Å². The summed E-state index contributed by atoms with van der Waals surface area (Å²) in [6, 6.07) is 2.57. The molecule has 0 amide bonds. The topological polar surface area (TPSA) is 29.5 Å². The summed E-state index contributed by atoms with van der Waals surface area (Å²) in [4.78, 5) is 0. The van der Waals surface area contributed by atoms with Gasteiger partial charge in [-0.25, -0.2) is 8.78 Å². The minimum absolute atomic E-state index is 0.616. The van der Waals surface area contributed by atoms with Gasteiger partial charge in [0, 0.05) is 0 Å². The maximum absolute atomic E-state index is 12.3. The summed E-state index contributed by atoms with van der Waals surface area (Å²) in [6.07, 6.45) is -7.58. The fourth-order valence-electron chi connectivity index (χ4n) is 1.02. The van der Waals surface area contributed by atoms with Crippen LogP contribution in [-0.4, -0.2) is 18.1 Å². The second-order valence-electron chi connectivity index (χ2n) is 2.85. The number of para-hydroxylation sites is 1. The van der Waals surface area contributed by atoms with Crippen LogP contribution in [-0.2, 0) is 6.18 Å². The van der Waals surface area contributed by atoms with Gasteiger partial charge < -0.3 is 9.84 Å². The number of alkyl halides is 5. The Morgan fingerprint density at radius 3 is 2.38 bits per heavy atom. The van der Waals surface area contributed by atoms with Gasteiger partial charge in [-0.1, -0.05) is 6.07 Å². The first kappa shape index (κ1) is 12.5. The predicted octanol–water partition coefficient (Wildman–Crippen LogP) is 3.05. The van der Waals surface area contributed by atoms with Crippen molar-refractivity contribution in [2.24, 2.45) is 0 Å². The van der Waals surface area contributed by atoms with Crippen LogP contribution in [0.4, 0.5) is 22.0 Å². The first-order valence-electron chi connectivity index (χ1n) is 4.12. The van der Waals surface area contributed by atoms with Crippen molar-refractivity contribution in [2.45, 2.75) is 12.6 Å². The van der Waals surface area contributed by atoms with Crippen LogP contribution in [0.2, 0.25) is 0 Å². The van der Waals surface area contributed by atoms with Gasteiger partial charge >= 0.3 is 6.18 Å². The molecule has 90 valence electrons. The lowest BCUT2D eigenvalue weighted by Gasteiger charge is -2.12. The maximum Gasteiger partial charge on any atom is 0.420 e. The summed E-state index contributed by atoms with van der Waals surface area (Å²) < 4.78 is 64.6. The molecule has 0 aliphatic carbocycles. The molecule has 0 saturated carbocycles. The first-order valence-corrected chi connectivity index (χ1v) is 4.12. The number of phenolic OH excluding ortho intramolecular Hbond substituents is 1. The van der Waals surface area contributed by atoms with Gasteiger partial charge in [0.1, 0.15) is 12.2 Å². The summed E-state index contributed by atoms with van der Waals surface area (Å²) >= 11 is 0. The zero-order chi connectivity index (χ0) is 12.3. The fourth-order valence-corrected chi connectivity index (χ4v) is 1.02. The smallest absolute Gasteiger partial charge is 0.420 e. The standard InChI is InChI=1S/C9H7F5O2/c10-7(11)4-16-6-3-1-2-5(8(6)15)9(12,13)14/h1-3,7,15H,4H2. The number of benzene rings is 1. The van der Waals surface area contributed by atoms with Crippen molar-refractivity contribution in [1.29, 1.82) is 0 Å². The fraction of sp³-hybridized carbons (Fsp3) is 0.333. The zero-order valence-electron chi connectivity index (χ0n) is 7.76. The minimum atomic E-state index is -4.76. The summed E-state index contributed by atoms with van der Waals surface area (Å²) in [5.41, 5.74) is -1.32. The van der Waals surface area contributed by atoms with Crippen molar-refractivity contribution in [1.82, 2.24) is 0 Å². The molecule has 0 aliphatic rings. The predicted molar refractivity (Wildman–Crippen MR) is 44.6 cm³/mol. The molecule has 0 unspecified atom stereocenters. The molecule has 2 nitrogen and oxygen atoms in total.